The zero-order valence-corrected chi connectivity index (χ0v) is 18.4. The summed E-state index contributed by atoms with van der Waals surface area (Å²) in [5.41, 5.74) is 1.64. The number of anilines is 1. The lowest BCUT2D eigenvalue weighted by Crippen LogP contribution is -2.39. The molecule has 0 spiro atoms. The predicted molar refractivity (Wildman–Crippen MR) is 116 cm³/mol. The van der Waals surface area contributed by atoms with Gasteiger partial charge >= 0.3 is 0 Å². The second-order valence-electron chi connectivity index (χ2n) is 7.37. The Hall–Kier alpha value is -2.69. The number of piperidine rings is 1. The van der Waals surface area contributed by atoms with Gasteiger partial charge in [-0.3, -0.25) is 4.79 Å². The lowest BCUT2D eigenvalue weighted by molar-refractivity contribution is 0.102. The molecule has 1 fully saturated rings. The third-order valence-electron chi connectivity index (χ3n) is 5.20. The highest BCUT2D eigenvalue weighted by atomic mass is 32.2. The van der Waals surface area contributed by atoms with Crippen molar-refractivity contribution in [3.63, 3.8) is 0 Å². The van der Waals surface area contributed by atoms with Crippen LogP contribution in [-0.2, 0) is 10.0 Å². The third-order valence-corrected chi connectivity index (χ3v) is 8.14. The molecule has 0 bridgehead atoms. The highest BCUT2D eigenvalue weighted by Gasteiger charge is 2.33. The number of amides is 1. The lowest BCUT2D eigenvalue weighted by Gasteiger charge is -2.30. The van der Waals surface area contributed by atoms with Gasteiger partial charge in [0.05, 0.1) is 4.90 Å². The van der Waals surface area contributed by atoms with E-state index < -0.39 is 15.8 Å². The molecule has 0 aliphatic carbocycles. The number of para-hydroxylation sites is 1. The maximum absolute atomic E-state index is 13.5. The summed E-state index contributed by atoms with van der Waals surface area (Å²) >= 11 is 1.17. The molecular weight excluding hydrogens is 439 g/mol. The fraction of sp³-hybridized carbons (Fsp3) is 0.286. The Labute approximate surface area is 184 Å². The first-order valence-corrected chi connectivity index (χ1v) is 12.1. The number of nitrogens with zero attached hydrogens (tertiary/aromatic N) is 3. The number of hydrogen-bond acceptors (Lipinski definition) is 6. The zero-order chi connectivity index (χ0) is 22.0. The van der Waals surface area contributed by atoms with E-state index in [0.717, 1.165) is 18.1 Å². The number of hydrogen-bond donors (Lipinski definition) is 1. The van der Waals surface area contributed by atoms with Crippen LogP contribution in [0.2, 0.25) is 0 Å². The van der Waals surface area contributed by atoms with Crippen LogP contribution < -0.4 is 5.32 Å². The van der Waals surface area contributed by atoms with Gasteiger partial charge in [-0.15, -0.1) is 10.2 Å². The summed E-state index contributed by atoms with van der Waals surface area (Å²) in [6, 6.07) is 12.4. The van der Waals surface area contributed by atoms with Gasteiger partial charge < -0.3 is 5.32 Å². The number of halogens is 1. The van der Waals surface area contributed by atoms with Crippen LogP contribution in [0.5, 0.6) is 0 Å². The first-order valence-electron chi connectivity index (χ1n) is 9.80. The fourth-order valence-electron chi connectivity index (χ4n) is 3.52. The van der Waals surface area contributed by atoms with Gasteiger partial charge in [-0.2, -0.15) is 4.31 Å². The Morgan fingerprint density at radius 1 is 1.19 bits per heavy atom. The molecule has 0 radical (unpaired) electrons. The second kappa shape index (κ2) is 8.81. The highest BCUT2D eigenvalue weighted by molar-refractivity contribution is 7.89. The van der Waals surface area contributed by atoms with Crippen LogP contribution in [0.25, 0.3) is 0 Å². The molecule has 4 rings (SSSR count). The van der Waals surface area contributed by atoms with E-state index in [9.17, 15) is 17.6 Å². The maximum atomic E-state index is 13.5. The summed E-state index contributed by atoms with van der Waals surface area (Å²) in [6.07, 6.45) is 1.38. The summed E-state index contributed by atoms with van der Waals surface area (Å²) in [5.74, 6) is -1.12. The van der Waals surface area contributed by atoms with Crippen molar-refractivity contribution in [3.05, 3.63) is 69.9 Å². The molecule has 1 aliphatic rings. The normalized spacial score (nSPS) is 17.4. The summed E-state index contributed by atoms with van der Waals surface area (Å²) in [4.78, 5) is 12.5. The molecule has 1 atom stereocenters. The minimum absolute atomic E-state index is 0.0660. The molecule has 10 heteroatoms. The summed E-state index contributed by atoms with van der Waals surface area (Å²) in [7, 11) is -3.81. The molecule has 1 aromatic heterocycles. The van der Waals surface area contributed by atoms with Crippen molar-refractivity contribution in [2.75, 3.05) is 18.4 Å². The van der Waals surface area contributed by atoms with Crippen LogP contribution in [-0.4, -0.2) is 41.9 Å². The molecule has 31 heavy (non-hydrogen) atoms. The predicted octanol–water partition coefficient (Wildman–Crippen LogP) is 3.81. The Bertz CT molecular complexity index is 1210. The van der Waals surface area contributed by atoms with Gasteiger partial charge in [0, 0.05) is 24.7 Å². The number of aromatic nitrogens is 2. The van der Waals surface area contributed by atoms with Crippen LogP contribution in [0.15, 0.2) is 53.4 Å². The van der Waals surface area contributed by atoms with Crippen molar-refractivity contribution in [1.82, 2.24) is 14.5 Å². The van der Waals surface area contributed by atoms with Crippen molar-refractivity contribution in [1.29, 1.82) is 0 Å². The van der Waals surface area contributed by atoms with Gasteiger partial charge in [-0.05, 0) is 49.6 Å². The quantitative estimate of drug-likeness (QED) is 0.625. The topological polar surface area (TPSA) is 92.3 Å². The lowest BCUT2D eigenvalue weighted by atomic mass is 10.0. The van der Waals surface area contributed by atoms with E-state index in [-0.39, 0.29) is 28.3 Å². The monoisotopic (exact) mass is 460 g/mol. The fourth-order valence-corrected chi connectivity index (χ4v) is 5.94. The third kappa shape index (κ3) is 4.65. The number of rotatable bonds is 5. The molecule has 2 heterocycles. The Morgan fingerprint density at radius 3 is 2.77 bits per heavy atom. The van der Waals surface area contributed by atoms with Crippen LogP contribution in [0, 0.1) is 12.7 Å². The Kier molecular flexibility index (Phi) is 6.12. The van der Waals surface area contributed by atoms with E-state index in [1.165, 1.54) is 33.8 Å². The molecular formula is C21H21FN4O3S2. The molecule has 1 saturated heterocycles. The summed E-state index contributed by atoms with van der Waals surface area (Å²) < 4.78 is 40.7. The van der Waals surface area contributed by atoms with Gasteiger partial charge in [0.1, 0.15) is 10.8 Å². The van der Waals surface area contributed by atoms with Gasteiger partial charge in [-0.25, -0.2) is 12.8 Å². The molecule has 162 valence electrons. The van der Waals surface area contributed by atoms with Crippen molar-refractivity contribution >= 4 is 33.0 Å². The van der Waals surface area contributed by atoms with Crippen molar-refractivity contribution < 1.29 is 17.6 Å². The van der Waals surface area contributed by atoms with Crippen molar-refractivity contribution in [2.45, 2.75) is 30.6 Å². The molecule has 7 nitrogen and oxygen atoms in total. The largest absolute Gasteiger partial charge is 0.320 e. The summed E-state index contributed by atoms with van der Waals surface area (Å²) in [5, 5.41) is 11.8. The average Bonchev–Trinajstić information content (AvgIpc) is 3.26. The zero-order valence-electron chi connectivity index (χ0n) is 16.8. The highest BCUT2D eigenvalue weighted by Crippen LogP contribution is 2.32. The van der Waals surface area contributed by atoms with Crippen molar-refractivity contribution in [2.24, 2.45) is 0 Å². The molecule has 1 aliphatic heterocycles. The van der Waals surface area contributed by atoms with E-state index >= 15 is 0 Å². The molecule has 3 aromatic rings. The number of sulfonamides is 1. The van der Waals surface area contributed by atoms with Gasteiger partial charge in [0.15, 0.2) is 0 Å². The molecule has 1 amide bonds. The minimum atomic E-state index is -3.81. The number of aryl methyl sites for hydroxylation is 1. The Balaban J connectivity index is 1.49. The van der Waals surface area contributed by atoms with Crippen molar-refractivity contribution in [3.8, 4) is 0 Å². The van der Waals surface area contributed by atoms with E-state index in [1.807, 2.05) is 31.2 Å². The number of nitrogens with one attached hydrogen (secondary N) is 1. The van der Waals surface area contributed by atoms with E-state index in [2.05, 4.69) is 15.5 Å². The van der Waals surface area contributed by atoms with Crippen LogP contribution in [0.4, 0.5) is 10.1 Å². The van der Waals surface area contributed by atoms with Crippen LogP contribution in [0.3, 0.4) is 0 Å². The van der Waals surface area contributed by atoms with E-state index in [1.54, 1.807) is 0 Å². The number of carbonyl (C=O) groups excluding carboxylic acids is 1. The first-order chi connectivity index (χ1) is 14.8. The van der Waals surface area contributed by atoms with Crippen LogP contribution in [0.1, 0.15) is 39.1 Å². The molecule has 0 unspecified atom stereocenters. The molecule has 0 saturated carbocycles. The van der Waals surface area contributed by atoms with Gasteiger partial charge in [0.2, 0.25) is 15.0 Å². The van der Waals surface area contributed by atoms with E-state index in [4.69, 9.17) is 0 Å². The smallest absolute Gasteiger partial charge is 0.286 e. The average molecular weight is 461 g/mol. The van der Waals surface area contributed by atoms with Gasteiger partial charge in [-0.1, -0.05) is 35.6 Å². The van der Waals surface area contributed by atoms with Crippen LogP contribution >= 0.6 is 11.3 Å². The van der Waals surface area contributed by atoms with E-state index in [0.29, 0.717) is 23.7 Å². The minimum Gasteiger partial charge on any atom is -0.320 e. The number of benzene rings is 2. The SMILES string of the molecule is Cc1ccccc1NC(=O)c1nnc([C@H]2CCCN(S(=O)(=O)c3cccc(F)c3)C2)s1. The molecule has 2 aromatic carbocycles. The van der Waals surface area contributed by atoms with Gasteiger partial charge in [0.25, 0.3) is 5.91 Å². The maximum Gasteiger partial charge on any atom is 0.286 e. The summed E-state index contributed by atoms with van der Waals surface area (Å²) in [6.45, 7) is 2.47. The number of carbonyl (C=O) groups is 1. The first kappa shape index (κ1) is 21.5. The second-order valence-corrected chi connectivity index (χ2v) is 10.3. The molecule has 1 N–H and O–H groups in total. The Morgan fingerprint density at radius 2 is 2.00 bits per heavy atom. The standard InChI is InChI=1S/C21H21FN4O3S2/c1-14-6-2-3-10-18(14)23-19(27)21-25-24-20(30-21)15-7-5-11-26(13-15)31(28,29)17-9-4-8-16(22)12-17/h2-4,6,8-10,12,15H,5,7,11,13H2,1H3,(H,23,27)/t15-/m0/s1.